The van der Waals surface area contributed by atoms with Crippen molar-refractivity contribution in [2.75, 3.05) is 26.4 Å². The lowest BCUT2D eigenvalue weighted by atomic mass is 9.84. The van der Waals surface area contributed by atoms with E-state index in [1.54, 1.807) is 0 Å². The van der Waals surface area contributed by atoms with Crippen LogP contribution in [-0.2, 0) is 25.4 Å². The van der Waals surface area contributed by atoms with E-state index >= 15 is 0 Å². The zero-order valence-corrected chi connectivity index (χ0v) is 16.4. The minimum atomic E-state index is -0.741. The molecule has 1 aromatic rings. The maximum atomic E-state index is 12.0. The van der Waals surface area contributed by atoms with Gasteiger partial charge in [-0.1, -0.05) is 42.5 Å². The van der Waals surface area contributed by atoms with Crippen LogP contribution in [0, 0.1) is 11.8 Å². The molecule has 146 valence electrons. The van der Waals surface area contributed by atoms with Gasteiger partial charge < -0.3 is 19.9 Å². The van der Waals surface area contributed by atoms with E-state index in [0.717, 1.165) is 12.0 Å². The van der Waals surface area contributed by atoms with E-state index in [1.165, 1.54) is 5.56 Å². The predicted octanol–water partition coefficient (Wildman–Crippen LogP) is 2.77. The van der Waals surface area contributed by atoms with E-state index in [1.807, 2.05) is 32.0 Å². The summed E-state index contributed by atoms with van der Waals surface area (Å²) in [5.41, 5.74) is 8.01. The van der Waals surface area contributed by atoms with Gasteiger partial charge in [0.25, 0.3) is 0 Å². The van der Waals surface area contributed by atoms with Crippen LogP contribution in [0.25, 0.3) is 0 Å². The molecular weight excluding hydrogens is 354 g/mol. The van der Waals surface area contributed by atoms with Crippen LogP contribution in [-0.4, -0.2) is 44.5 Å². The van der Waals surface area contributed by atoms with Crippen molar-refractivity contribution >= 4 is 18.4 Å². The summed E-state index contributed by atoms with van der Waals surface area (Å²) >= 11 is 0. The fourth-order valence-corrected chi connectivity index (χ4v) is 3.05. The van der Waals surface area contributed by atoms with Crippen LogP contribution in [0.15, 0.2) is 42.5 Å². The lowest BCUT2D eigenvalue weighted by molar-refractivity contribution is -0.154. The van der Waals surface area contributed by atoms with Crippen LogP contribution in [0.2, 0.25) is 0 Å². The number of halogens is 1. The lowest BCUT2D eigenvalue weighted by Gasteiger charge is -2.30. The fourth-order valence-electron chi connectivity index (χ4n) is 3.05. The maximum Gasteiger partial charge on any atom is 0.325 e. The van der Waals surface area contributed by atoms with Gasteiger partial charge in [0.2, 0.25) is 0 Å². The second-order valence-electron chi connectivity index (χ2n) is 6.87. The van der Waals surface area contributed by atoms with Crippen LogP contribution in [0.4, 0.5) is 0 Å². The fraction of sp³-hybridized carbons (Fsp3) is 0.550. The first-order chi connectivity index (χ1) is 12.0. The van der Waals surface area contributed by atoms with Gasteiger partial charge in [-0.25, -0.2) is 0 Å². The highest BCUT2D eigenvalue weighted by molar-refractivity contribution is 5.85. The third kappa shape index (κ3) is 7.08. The van der Waals surface area contributed by atoms with Crippen molar-refractivity contribution in [3.05, 3.63) is 48.0 Å². The molecule has 1 saturated heterocycles. The van der Waals surface area contributed by atoms with Crippen molar-refractivity contribution in [2.45, 2.75) is 32.4 Å². The molecule has 2 N–H and O–H groups in total. The molecule has 0 spiro atoms. The predicted molar refractivity (Wildman–Crippen MR) is 104 cm³/mol. The number of carbonyl (C=O) groups excluding carboxylic acids is 1. The topological polar surface area (TPSA) is 70.8 Å². The summed E-state index contributed by atoms with van der Waals surface area (Å²) in [7, 11) is 0. The number of carbonyl (C=O) groups is 1. The minimum Gasteiger partial charge on any atom is -0.461 e. The molecule has 0 aromatic heterocycles. The molecule has 5 nitrogen and oxygen atoms in total. The number of rotatable bonds is 6. The Morgan fingerprint density at radius 3 is 2.65 bits per heavy atom. The second kappa shape index (κ2) is 11.3. The Hall–Kier alpha value is -1.40. The van der Waals surface area contributed by atoms with Crippen LogP contribution < -0.4 is 5.73 Å². The Bertz CT molecular complexity index is 566. The van der Waals surface area contributed by atoms with Gasteiger partial charge in [0, 0.05) is 5.92 Å². The minimum absolute atomic E-state index is 0. The Morgan fingerprint density at radius 2 is 2.00 bits per heavy atom. The first-order valence-electron chi connectivity index (χ1n) is 8.77. The molecule has 6 heteroatoms. The molecule has 4 atom stereocenters. The SMILES string of the molecule is C=C(C)COC[C@@H]1[C@@H](Cc2ccccc2)COC[C@H](N)C(=O)O[C@H]1C.Cl. The van der Waals surface area contributed by atoms with Crippen molar-refractivity contribution in [1.82, 2.24) is 0 Å². The number of hydrogen-bond donors (Lipinski definition) is 1. The van der Waals surface area contributed by atoms with Gasteiger partial charge in [-0.15, -0.1) is 12.4 Å². The van der Waals surface area contributed by atoms with Gasteiger partial charge in [0.1, 0.15) is 12.1 Å². The molecule has 26 heavy (non-hydrogen) atoms. The van der Waals surface area contributed by atoms with Crippen molar-refractivity contribution in [2.24, 2.45) is 17.6 Å². The van der Waals surface area contributed by atoms with Gasteiger partial charge in [-0.05, 0) is 31.7 Å². The third-order valence-corrected chi connectivity index (χ3v) is 4.44. The molecule has 0 amide bonds. The van der Waals surface area contributed by atoms with Crippen molar-refractivity contribution in [1.29, 1.82) is 0 Å². The highest BCUT2D eigenvalue weighted by Gasteiger charge is 2.33. The van der Waals surface area contributed by atoms with Gasteiger partial charge in [-0.2, -0.15) is 0 Å². The first-order valence-corrected chi connectivity index (χ1v) is 8.77. The average Bonchev–Trinajstić information content (AvgIpc) is 2.61. The molecule has 1 aromatic carbocycles. The Labute approximate surface area is 162 Å². The summed E-state index contributed by atoms with van der Waals surface area (Å²) in [5, 5.41) is 0. The molecule has 0 saturated carbocycles. The largest absolute Gasteiger partial charge is 0.461 e. The smallest absolute Gasteiger partial charge is 0.325 e. The first kappa shape index (κ1) is 22.6. The Morgan fingerprint density at radius 1 is 1.31 bits per heavy atom. The molecule has 2 rings (SSSR count). The maximum absolute atomic E-state index is 12.0. The van der Waals surface area contributed by atoms with Crippen LogP contribution in [0.3, 0.4) is 0 Å². The molecular formula is C20H30ClNO4. The number of ether oxygens (including phenoxy) is 3. The van der Waals surface area contributed by atoms with E-state index < -0.39 is 12.0 Å². The van der Waals surface area contributed by atoms with E-state index in [-0.39, 0.29) is 37.0 Å². The molecule has 0 radical (unpaired) electrons. The van der Waals surface area contributed by atoms with Crippen LogP contribution in [0.5, 0.6) is 0 Å². The van der Waals surface area contributed by atoms with E-state index in [0.29, 0.717) is 19.8 Å². The van der Waals surface area contributed by atoms with Crippen molar-refractivity contribution < 1.29 is 19.0 Å². The quantitative estimate of drug-likeness (QED) is 0.604. The molecule has 0 unspecified atom stereocenters. The zero-order valence-electron chi connectivity index (χ0n) is 15.6. The summed E-state index contributed by atoms with van der Waals surface area (Å²) < 4.78 is 17.1. The lowest BCUT2D eigenvalue weighted by Crippen LogP contribution is -2.39. The van der Waals surface area contributed by atoms with Crippen LogP contribution in [0.1, 0.15) is 19.4 Å². The van der Waals surface area contributed by atoms with E-state index in [2.05, 4.69) is 18.7 Å². The van der Waals surface area contributed by atoms with Crippen molar-refractivity contribution in [3.8, 4) is 0 Å². The number of esters is 1. The van der Waals surface area contributed by atoms with E-state index in [9.17, 15) is 4.79 Å². The van der Waals surface area contributed by atoms with E-state index in [4.69, 9.17) is 19.9 Å². The molecule has 1 fully saturated rings. The number of nitrogens with two attached hydrogens (primary N) is 1. The van der Waals surface area contributed by atoms with Gasteiger partial charge in [0.05, 0.1) is 26.4 Å². The van der Waals surface area contributed by atoms with Gasteiger partial charge in [0.15, 0.2) is 0 Å². The number of benzene rings is 1. The summed E-state index contributed by atoms with van der Waals surface area (Å²) in [6.45, 7) is 9.37. The molecule has 1 aliphatic rings. The average molecular weight is 384 g/mol. The van der Waals surface area contributed by atoms with Gasteiger partial charge >= 0.3 is 5.97 Å². The second-order valence-corrected chi connectivity index (χ2v) is 6.87. The summed E-state index contributed by atoms with van der Waals surface area (Å²) in [4.78, 5) is 12.0. The number of hydrogen-bond acceptors (Lipinski definition) is 5. The molecule has 0 aliphatic carbocycles. The Balaban J connectivity index is 0.00000338. The Kier molecular flexibility index (Phi) is 9.88. The zero-order chi connectivity index (χ0) is 18.2. The standard InChI is InChI=1S/C20H29NO4.ClH/c1-14(2)10-23-12-18-15(3)25-20(22)19(21)13-24-11-17(18)9-16-7-5-4-6-8-16;/h4-8,15,17-19H,1,9-13,21H2,2-3H3;1H/t15-,17-,18-,19-;/m0./s1. The summed E-state index contributed by atoms with van der Waals surface area (Å²) in [6.07, 6.45) is 0.540. The monoisotopic (exact) mass is 383 g/mol. The summed E-state index contributed by atoms with van der Waals surface area (Å²) in [5.74, 6) is -0.229. The summed E-state index contributed by atoms with van der Waals surface area (Å²) in [6, 6.07) is 9.51. The molecule has 0 bridgehead atoms. The number of cyclic esters (lactones) is 1. The van der Waals surface area contributed by atoms with Gasteiger partial charge in [-0.3, -0.25) is 4.79 Å². The third-order valence-electron chi connectivity index (χ3n) is 4.44. The highest BCUT2D eigenvalue weighted by Crippen LogP contribution is 2.25. The molecule has 1 aliphatic heterocycles. The molecule has 1 heterocycles. The normalized spacial score (nSPS) is 26.7. The van der Waals surface area contributed by atoms with Crippen molar-refractivity contribution in [3.63, 3.8) is 0 Å². The van der Waals surface area contributed by atoms with Crippen LogP contribution >= 0.6 is 12.4 Å². The highest BCUT2D eigenvalue weighted by atomic mass is 35.5.